The van der Waals surface area contributed by atoms with E-state index in [0.29, 0.717) is 27.6 Å². The molecule has 0 atom stereocenters. The summed E-state index contributed by atoms with van der Waals surface area (Å²) < 4.78 is 40.7. The van der Waals surface area contributed by atoms with Crippen molar-refractivity contribution in [1.82, 2.24) is 0 Å². The van der Waals surface area contributed by atoms with Gasteiger partial charge in [0.15, 0.2) is 0 Å². The Labute approximate surface area is 159 Å². The molecule has 0 spiro atoms. The molecule has 0 aliphatic heterocycles. The summed E-state index contributed by atoms with van der Waals surface area (Å²) in [5.41, 5.74) is 4.41. The first-order chi connectivity index (χ1) is 12.2. The van der Waals surface area contributed by atoms with E-state index in [1.165, 1.54) is 24.3 Å². The van der Waals surface area contributed by atoms with Gasteiger partial charge in [0.2, 0.25) is 0 Å². The van der Waals surface area contributed by atoms with Crippen molar-refractivity contribution in [3.63, 3.8) is 0 Å². The first kappa shape index (κ1) is 18.9. The smallest absolute Gasteiger partial charge is 0.406 e. The molecule has 2 aromatic rings. The molecule has 1 radical (unpaired) electrons. The average Bonchev–Trinajstić information content (AvgIpc) is 2.58. The number of rotatable bonds is 3. The molecule has 0 bridgehead atoms. The SMILES string of the molecule is Cc1ccc(C2=C(Cl)C(Cl)=C(c3ccc(OC(F)(F)F)cc3)[CH]C2)cc1. The van der Waals surface area contributed by atoms with E-state index in [9.17, 15) is 13.2 Å². The zero-order valence-corrected chi connectivity index (χ0v) is 15.2. The second kappa shape index (κ2) is 7.37. The second-order valence-corrected chi connectivity index (χ2v) is 6.62. The van der Waals surface area contributed by atoms with Crippen LogP contribution in [0.5, 0.6) is 5.75 Å². The molecule has 0 unspecified atom stereocenters. The van der Waals surface area contributed by atoms with Crippen molar-refractivity contribution in [2.75, 3.05) is 0 Å². The summed E-state index contributed by atoms with van der Waals surface area (Å²) in [7, 11) is 0. The third-order valence-electron chi connectivity index (χ3n) is 4.00. The molecule has 0 saturated heterocycles. The molecule has 6 heteroatoms. The van der Waals surface area contributed by atoms with Gasteiger partial charge in [0, 0.05) is 0 Å². The van der Waals surface area contributed by atoms with Gasteiger partial charge in [-0.3, -0.25) is 0 Å². The van der Waals surface area contributed by atoms with Gasteiger partial charge in [-0.1, -0.05) is 65.2 Å². The maximum Gasteiger partial charge on any atom is 0.573 e. The lowest BCUT2D eigenvalue weighted by Crippen LogP contribution is -2.17. The highest BCUT2D eigenvalue weighted by molar-refractivity contribution is 6.48. The van der Waals surface area contributed by atoms with Gasteiger partial charge in [-0.05, 0) is 54.2 Å². The number of allylic oxidation sites excluding steroid dienone is 4. The zero-order chi connectivity index (χ0) is 18.9. The third kappa shape index (κ3) is 4.25. The highest BCUT2D eigenvalue weighted by Crippen LogP contribution is 2.43. The van der Waals surface area contributed by atoms with Gasteiger partial charge in [-0.2, -0.15) is 0 Å². The quantitative estimate of drug-likeness (QED) is 0.536. The summed E-state index contributed by atoms with van der Waals surface area (Å²) in [5, 5.41) is 0.821. The summed E-state index contributed by atoms with van der Waals surface area (Å²) in [6.45, 7) is 2.00. The molecule has 0 fully saturated rings. The molecule has 0 amide bonds. The van der Waals surface area contributed by atoms with Gasteiger partial charge in [-0.15, -0.1) is 13.2 Å². The lowest BCUT2D eigenvalue weighted by atomic mass is 9.89. The van der Waals surface area contributed by atoms with Crippen LogP contribution in [-0.2, 0) is 0 Å². The van der Waals surface area contributed by atoms with E-state index in [1.807, 2.05) is 37.6 Å². The molecule has 0 saturated carbocycles. The van der Waals surface area contributed by atoms with Crippen LogP contribution in [0.2, 0.25) is 0 Å². The van der Waals surface area contributed by atoms with Crippen molar-refractivity contribution in [3.8, 4) is 5.75 Å². The van der Waals surface area contributed by atoms with Crippen LogP contribution in [0.1, 0.15) is 23.1 Å². The summed E-state index contributed by atoms with van der Waals surface area (Å²) >= 11 is 12.9. The van der Waals surface area contributed by atoms with Crippen molar-refractivity contribution in [1.29, 1.82) is 0 Å². The lowest BCUT2D eigenvalue weighted by molar-refractivity contribution is -0.274. The van der Waals surface area contributed by atoms with Crippen LogP contribution < -0.4 is 4.74 Å². The number of benzene rings is 2. The normalized spacial score (nSPS) is 15.5. The number of hydrogen-bond acceptors (Lipinski definition) is 1. The van der Waals surface area contributed by atoms with Crippen LogP contribution in [0.25, 0.3) is 11.1 Å². The number of hydrogen-bond donors (Lipinski definition) is 0. The van der Waals surface area contributed by atoms with Gasteiger partial charge in [0.05, 0.1) is 10.1 Å². The van der Waals surface area contributed by atoms with Crippen LogP contribution in [0, 0.1) is 13.3 Å². The van der Waals surface area contributed by atoms with Gasteiger partial charge >= 0.3 is 6.36 Å². The average molecular weight is 398 g/mol. The maximum atomic E-state index is 12.3. The minimum atomic E-state index is -4.72. The van der Waals surface area contributed by atoms with E-state index in [0.717, 1.165) is 16.7 Å². The summed E-state index contributed by atoms with van der Waals surface area (Å²) in [6.07, 6.45) is -2.22. The van der Waals surface area contributed by atoms with E-state index in [4.69, 9.17) is 23.2 Å². The second-order valence-electron chi connectivity index (χ2n) is 5.87. The van der Waals surface area contributed by atoms with Crippen molar-refractivity contribution in [3.05, 3.63) is 81.7 Å². The van der Waals surface area contributed by atoms with E-state index < -0.39 is 6.36 Å². The fourth-order valence-corrected chi connectivity index (χ4v) is 3.30. The molecule has 1 nitrogen and oxygen atoms in total. The van der Waals surface area contributed by atoms with Crippen molar-refractivity contribution < 1.29 is 17.9 Å². The van der Waals surface area contributed by atoms with Crippen molar-refractivity contribution >= 4 is 34.3 Å². The monoisotopic (exact) mass is 397 g/mol. The molecule has 3 rings (SSSR count). The molecule has 0 aromatic heterocycles. The Morgan fingerprint density at radius 2 is 1.42 bits per heavy atom. The standard InChI is InChI=1S/C20H14Cl2F3O/c1-12-2-4-13(5-3-12)16-10-11-17(19(22)18(16)21)14-6-8-15(9-7-14)26-20(23,24)25/h2-9,11H,10H2,1H3. The third-order valence-corrected chi connectivity index (χ3v) is 4.91. The topological polar surface area (TPSA) is 9.23 Å². The minimum absolute atomic E-state index is 0.282. The Bertz CT molecular complexity index is 863. The molecular formula is C20H14Cl2F3O. The van der Waals surface area contributed by atoms with Crippen LogP contribution in [0.15, 0.2) is 58.6 Å². The molecule has 2 aromatic carbocycles. The molecule has 135 valence electrons. The van der Waals surface area contributed by atoms with Crippen LogP contribution >= 0.6 is 23.2 Å². The van der Waals surface area contributed by atoms with E-state index in [1.54, 1.807) is 0 Å². The van der Waals surface area contributed by atoms with Crippen molar-refractivity contribution in [2.45, 2.75) is 19.7 Å². The predicted octanol–water partition coefficient (Wildman–Crippen LogP) is 7.10. The predicted molar refractivity (Wildman–Crippen MR) is 98.8 cm³/mol. The summed E-state index contributed by atoms with van der Waals surface area (Å²) in [4.78, 5) is 0. The molecule has 26 heavy (non-hydrogen) atoms. The molecule has 0 N–H and O–H groups in total. The van der Waals surface area contributed by atoms with Crippen LogP contribution in [0.4, 0.5) is 13.2 Å². The minimum Gasteiger partial charge on any atom is -0.406 e. The fourth-order valence-electron chi connectivity index (χ4n) is 2.71. The largest absolute Gasteiger partial charge is 0.573 e. The lowest BCUT2D eigenvalue weighted by Gasteiger charge is -2.21. The Kier molecular flexibility index (Phi) is 5.35. The first-order valence-corrected chi connectivity index (χ1v) is 8.55. The molecule has 1 aliphatic carbocycles. The maximum absolute atomic E-state index is 12.3. The Balaban J connectivity index is 1.90. The number of aryl methyl sites for hydroxylation is 1. The van der Waals surface area contributed by atoms with Gasteiger partial charge in [0.1, 0.15) is 5.75 Å². The summed E-state index contributed by atoms with van der Waals surface area (Å²) in [5.74, 6) is -0.282. The fraction of sp³-hybridized carbons (Fsp3) is 0.150. The number of ether oxygens (including phenoxy) is 1. The van der Waals surface area contributed by atoms with Crippen molar-refractivity contribution in [2.24, 2.45) is 0 Å². The molecular weight excluding hydrogens is 384 g/mol. The highest BCUT2D eigenvalue weighted by atomic mass is 35.5. The van der Waals surface area contributed by atoms with Gasteiger partial charge in [-0.25, -0.2) is 0 Å². The number of halogens is 5. The first-order valence-electron chi connectivity index (χ1n) is 7.80. The Hall–Kier alpha value is -1.91. The van der Waals surface area contributed by atoms with Crippen LogP contribution in [0.3, 0.4) is 0 Å². The number of alkyl halides is 3. The zero-order valence-electron chi connectivity index (χ0n) is 13.7. The highest BCUT2D eigenvalue weighted by Gasteiger charge is 2.31. The van der Waals surface area contributed by atoms with Gasteiger partial charge in [0.25, 0.3) is 0 Å². The van der Waals surface area contributed by atoms with E-state index in [-0.39, 0.29) is 5.75 Å². The summed E-state index contributed by atoms with van der Waals surface area (Å²) in [6, 6.07) is 13.5. The van der Waals surface area contributed by atoms with E-state index in [2.05, 4.69) is 4.74 Å². The molecule has 1 aliphatic rings. The van der Waals surface area contributed by atoms with E-state index >= 15 is 0 Å². The molecule has 0 heterocycles. The Morgan fingerprint density at radius 3 is 2.00 bits per heavy atom. The van der Waals surface area contributed by atoms with Crippen LogP contribution in [-0.4, -0.2) is 6.36 Å². The van der Waals surface area contributed by atoms with Gasteiger partial charge < -0.3 is 4.74 Å². The Morgan fingerprint density at radius 1 is 0.846 bits per heavy atom.